The van der Waals surface area contributed by atoms with Gasteiger partial charge in [0.15, 0.2) is 0 Å². The number of sulfonamides is 2. The first kappa shape index (κ1) is 89.6. The van der Waals surface area contributed by atoms with Crippen molar-refractivity contribution in [3.8, 4) is 23.7 Å². The average Bonchev–Trinajstić information content (AvgIpc) is 0.896. The lowest BCUT2D eigenvalue weighted by Crippen LogP contribution is -2.39. The summed E-state index contributed by atoms with van der Waals surface area (Å²) in [5.41, 5.74) is 4.83. The molecule has 4 aromatic carbocycles. The minimum absolute atomic E-state index is 0.00127. The lowest BCUT2D eigenvalue weighted by atomic mass is 10.1. The van der Waals surface area contributed by atoms with E-state index in [0.29, 0.717) is 79.6 Å². The molecule has 0 saturated carbocycles. The van der Waals surface area contributed by atoms with Gasteiger partial charge in [-0.3, -0.25) is 28.8 Å². The van der Waals surface area contributed by atoms with Crippen LogP contribution in [0.15, 0.2) is 138 Å². The van der Waals surface area contributed by atoms with Crippen LogP contribution in [0.2, 0.25) is 0 Å². The van der Waals surface area contributed by atoms with E-state index in [-0.39, 0.29) is 40.8 Å². The SMILES string of the molecule is COC(=O)[C@@H](C)NC(=O)c1cccc(/C=C\CCCS(=O)(=O)N(C)C)c1.COC(=O)[C@@H](C)NC(=O)c1cccc(/C=C\CCCn2ccccc2=O)c1.COC(=O)[C@@H](C)NC(=O)c1cccc(C#CCCCN(C)C(C)=O)c1.COC(=O)[C@@H](C)NC(=O)c1cccc(C#CCCCN(C)S(C)(=O)=O)c1. The minimum atomic E-state index is -3.17. The number of unbranched alkanes of at least 4 members (excludes halogenated alkanes) is 4. The number of amides is 5. The van der Waals surface area contributed by atoms with Crippen molar-refractivity contribution >= 4 is 85.6 Å². The van der Waals surface area contributed by atoms with Crippen molar-refractivity contribution in [2.24, 2.45) is 0 Å². The first-order valence-electron chi connectivity index (χ1n) is 33.1. The van der Waals surface area contributed by atoms with Gasteiger partial charge in [-0.2, -0.15) is 0 Å². The number of hydrogen-bond donors (Lipinski definition) is 4. The number of ether oxygens (including phenoxy) is 4. The summed E-state index contributed by atoms with van der Waals surface area (Å²) in [4.78, 5) is 119. The summed E-state index contributed by atoms with van der Waals surface area (Å²) in [6, 6.07) is 29.9. The van der Waals surface area contributed by atoms with E-state index in [1.165, 1.54) is 65.1 Å². The number of allylic oxidation sites excluding steroid dienone is 2. The third kappa shape index (κ3) is 35.4. The number of esters is 4. The molecule has 0 aliphatic rings. The number of carbonyl (C=O) groups is 9. The Balaban J connectivity index is 0.000000471. The van der Waals surface area contributed by atoms with Crippen molar-refractivity contribution in [2.45, 2.75) is 117 Å². The van der Waals surface area contributed by atoms with Crippen molar-refractivity contribution in [1.29, 1.82) is 0 Å². The molecule has 0 spiro atoms. The van der Waals surface area contributed by atoms with E-state index in [2.05, 4.69) is 63.9 Å². The Kier molecular flexibility index (Phi) is 41.0. The molecular formula is C76H98N8O18S2. The summed E-state index contributed by atoms with van der Waals surface area (Å²) in [5.74, 6) is 8.63. The van der Waals surface area contributed by atoms with Crippen LogP contribution < -0.4 is 26.8 Å². The van der Waals surface area contributed by atoms with Gasteiger partial charge in [-0.25, -0.2) is 44.6 Å². The van der Waals surface area contributed by atoms with Crippen LogP contribution in [0.25, 0.3) is 12.2 Å². The summed E-state index contributed by atoms with van der Waals surface area (Å²) in [7, 11) is 5.06. The summed E-state index contributed by atoms with van der Waals surface area (Å²) in [6.07, 6.45) is 16.0. The first-order valence-corrected chi connectivity index (χ1v) is 36.6. The van der Waals surface area contributed by atoms with Gasteiger partial charge in [-0.05, 0) is 144 Å². The van der Waals surface area contributed by atoms with Gasteiger partial charge in [-0.15, -0.1) is 0 Å². The second kappa shape index (κ2) is 47.6. The smallest absolute Gasteiger partial charge is 0.328 e. The molecule has 4 atom stereocenters. The molecule has 0 saturated heterocycles. The highest BCUT2D eigenvalue weighted by atomic mass is 32.2. The molecule has 0 bridgehead atoms. The van der Waals surface area contributed by atoms with Gasteiger partial charge < -0.3 is 49.7 Å². The van der Waals surface area contributed by atoms with Gasteiger partial charge in [0.1, 0.15) is 24.2 Å². The van der Waals surface area contributed by atoms with E-state index in [1.807, 2.05) is 48.6 Å². The summed E-state index contributed by atoms with van der Waals surface area (Å²) < 4.78 is 68.4. The largest absolute Gasteiger partial charge is 0.467 e. The molecule has 4 N–H and O–H groups in total. The predicted octanol–water partition coefficient (Wildman–Crippen LogP) is 6.88. The normalized spacial score (nSPS) is 12.0. The van der Waals surface area contributed by atoms with E-state index >= 15 is 0 Å². The van der Waals surface area contributed by atoms with Crippen LogP contribution in [0.5, 0.6) is 0 Å². The van der Waals surface area contributed by atoms with Crippen LogP contribution in [0.3, 0.4) is 0 Å². The molecule has 0 aliphatic carbocycles. The Labute approximate surface area is 611 Å². The molecule has 5 amide bonds. The zero-order valence-corrected chi connectivity index (χ0v) is 63.2. The van der Waals surface area contributed by atoms with Gasteiger partial charge in [0, 0.05) is 113 Å². The predicted molar refractivity (Wildman–Crippen MR) is 399 cm³/mol. The van der Waals surface area contributed by atoms with E-state index < -0.39 is 68.1 Å². The number of nitrogens with one attached hydrogen (secondary N) is 4. The van der Waals surface area contributed by atoms with Crippen LogP contribution in [0.1, 0.15) is 150 Å². The number of pyridine rings is 1. The van der Waals surface area contributed by atoms with Gasteiger partial charge in [0.25, 0.3) is 23.6 Å². The van der Waals surface area contributed by atoms with Gasteiger partial charge in [-0.1, -0.05) is 90.5 Å². The van der Waals surface area contributed by atoms with Gasteiger partial charge >= 0.3 is 23.9 Å². The topological polar surface area (TPSA) is 339 Å². The van der Waals surface area contributed by atoms with Crippen LogP contribution in [-0.4, -0.2) is 194 Å². The Morgan fingerprint density at radius 1 is 0.500 bits per heavy atom. The molecule has 104 heavy (non-hydrogen) atoms. The molecule has 5 aromatic rings. The number of hydrogen-bond acceptors (Lipinski definition) is 18. The Morgan fingerprint density at radius 3 is 1.24 bits per heavy atom. The number of benzene rings is 4. The maximum atomic E-state index is 12.2. The van der Waals surface area contributed by atoms with E-state index in [9.17, 15) is 64.8 Å². The maximum Gasteiger partial charge on any atom is 0.328 e. The summed E-state index contributed by atoms with van der Waals surface area (Å²) >= 11 is 0. The highest BCUT2D eigenvalue weighted by Crippen LogP contribution is 2.13. The molecule has 0 fully saturated rings. The second-order valence-electron chi connectivity index (χ2n) is 23.5. The van der Waals surface area contributed by atoms with Gasteiger partial charge in [0.05, 0.1) is 40.4 Å². The van der Waals surface area contributed by atoms with Crippen molar-refractivity contribution < 1.29 is 78.9 Å². The average molecular weight is 1480 g/mol. The lowest BCUT2D eigenvalue weighted by Gasteiger charge is -2.12. The molecular weight excluding hydrogens is 1380 g/mol. The van der Waals surface area contributed by atoms with E-state index in [0.717, 1.165) is 42.2 Å². The number of carbonyl (C=O) groups excluding carboxylic acids is 9. The fourth-order valence-electron chi connectivity index (χ4n) is 8.58. The molecule has 1 heterocycles. The van der Waals surface area contributed by atoms with Crippen LogP contribution in [0, 0.1) is 23.7 Å². The molecule has 1 aromatic heterocycles. The summed E-state index contributed by atoms with van der Waals surface area (Å²) in [6.45, 7) is 9.49. The zero-order valence-electron chi connectivity index (χ0n) is 61.6. The molecule has 0 aliphatic heterocycles. The van der Waals surface area contributed by atoms with Crippen molar-refractivity contribution in [2.75, 3.05) is 81.7 Å². The molecule has 0 unspecified atom stereocenters. The second-order valence-corrected chi connectivity index (χ2v) is 27.9. The molecule has 26 nitrogen and oxygen atoms in total. The van der Waals surface area contributed by atoms with Crippen LogP contribution in [-0.2, 0) is 69.5 Å². The Morgan fingerprint density at radius 2 is 0.875 bits per heavy atom. The summed E-state index contributed by atoms with van der Waals surface area (Å²) in [5, 5.41) is 10.3. The highest BCUT2D eigenvalue weighted by Gasteiger charge is 2.21. The maximum absolute atomic E-state index is 12.2. The van der Waals surface area contributed by atoms with Crippen LogP contribution >= 0.6 is 0 Å². The third-order valence-electron chi connectivity index (χ3n) is 14.9. The molecule has 562 valence electrons. The van der Waals surface area contributed by atoms with E-state index in [4.69, 9.17) is 0 Å². The fourth-order valence-corrected chi connectivity index (χ4v) is 9.94. The lowest BCUT2D eigenvalue weighted by molar-refractivity contribution is -0.143. The van der Waals surface area contributed by atoms with E-state index in [1.54, 1.807) is 141 Å². The quantitative estimate of drug-likeness (QED) is 0.0157. The monoisotopic (exact) mass is 1470 g/mol. The number of nitrogens with zero attached hydrogens (tertiary/aromatic N) is 4. The highest BCUT2D eigenvalue weighted by molar-refractivity contribution is 7.89. The number of aromatic nitrogens is 1. The first-order chi connectivity index (χ1) is 49.2. The number of methoxy groups -OCH3 is 4. The molecule has 5 rings (SSSR count). The minimum Gasteiger partial charge on any atom is -0.467 e. The van der Waals surface area contributed by atoms with Crippen molar-refractivity contribution in [3.63, 3.8) is 0 Å². The number of aryl methyl sites for hydroxylation is 1. The number of rotatable bonds is 30. The molecule has 28 heteroatoms. The molecule has 0 radical (unpaired) electrons. The van der Waals surface area contributed by atoms with Crippen molar-refractivity contribution in [3.05, 3.63) is 188 Å². The standard InChI is InChI=1S/C21H24N2O4.C19H24N2O4.C18H24N2O5S.C18H26N2O5S/c1-16(21(26)27-2)22-20(25)18-11-8-10-17(15-18)9-4-3-6-13-23-14-7-5-12-19(23)24;1-14(19(24)25-4)20-18(23)17-11-8-10-16(13-17)9-6-5-7-12-21(3)15(2)22;1-14(18(22)25-3)19-17(21)16-11-8-10-15(13-16)9-6-5-7-12-20(2)26(4,23)24;1-14(18(22)25-4)19-17(21)16-11-8-10-15(13-16)9-6-5-7-12-26(23,24)20(2)3/h4-5,7-12,14-16H,3,6,13H2,1-2H3,(H,22,25);8,10-11,13-14H,5,7,12H2,1-4H3,(H,20,23);8,10-11,13-14H,5,7,12H2,1-4H3,(H,19,21);6,8-11,13-14H,5,7,12H2,1-4H3,(H,19,21)/b9-4-;;;9-6-/t16-;3*14-/m1111/s1. The Bertz CT molecular complexity index is 4190. The van der Waals surface area contributed by atoms with Crippen LogP contribution in [0.4, 0.5) is 0 Å². The third-order valence-corrected chi connectivity index (χ3v) is 18.1. The van der Waals surface area contributed by atoms with Crippen molar-refractivity contribution in [1.82, 2.24) is 39.3 Å². The fraction of sp³-hybridized carbons (Fsp3) is 0.395. The zero-order chi connectivity index (χ0) is 78.0. The Hall–Kier alpha value is -10.5. The van der Waals surface area contributed by atoms with Gasteiger partial charge in [0.2, 0.25) is 31.5 Å².